The van der Waals surface area contributed by atoms with Gasteiger partial charge in [0.15, 0.2) is 0 Å². The lowest BCUT2D eigenvalue weighted by molar-refractivity contribution is 0.730. The fourth-order valence-corrected chi connectivity index (χ4v) is 4.26. The van der Waals surface area contributed by atoms with E-state index in [1.807, 2.05) is 31.4 Å². The molecule has 0 amide bonds. The van der Waals surface area contributed by atoms with Crippen molar-refractivity contribution in [3.63, 3.8) is 0 Å². The average Bonchev–Trinajstić information content (AvgIpc) is 2.00. The van der Waals surface area contributed by atoms with Gasteiger partial charge in [0, 0.05) is 11.5 Å². The maximum Gasteiger partial charge on any atom is 0.0287 e. The molecule has 1 saturated heterocycles. The van der Waals surface area contributed by atoms with Gasteiger partial charge >= 0.3 is 0 Å². The molecule has 0 atom stereocenters. The van der Waals surface area contributed by atoms with Gasteiger partial charge in [0.25, 0.3) is 0 Å². The summed E-state index contributed by atoms with van der Waals surface area (Å²) in [4.78, 5) is 0. The highest BCUT2D eigenvalue weighted by atomic mass is 33.5. The van der Waals surface area contributed by atoms with Gasteiger partial charge in [-0.15, -0.1) is 0 Å². The molecule has 1 rings (SSSR count). The Morgan fingerprint density at radius 2 is 2.11 bits per heavy atom. The predicted octanol–water partition coefficient (Wildman–Crippen LogP) is 3.75. The molecule has 0 aromatic carbocycles. The van der Waals surface area contributed by atoms with Crippen molar-refractivity contribution in [2.45, 2.75) is 25.7 Å². The molecule has 53 valence electrons. The summed E-state index contributed by atoms with van der Waals surface area (Å²) in [5.41, 5.74) is 0. The van der Waals surface area contributed by atoms with Gasteiger partial charge in [0.1, 0.15) is 0 Å². The van der Waals surface area contributed by atoms with E-state index in [0.717, 1.165) is 0 Å². The zero-order valence-corrected chi connectivity index (χ0v) is 7.79. The zero-order chi connectivity index (χ0) is 6.36. The monoisotopic (exact) mass is 179 g/mol. The van der Waals surface area contributed by atoms with Crippen molar-refractivity contribution in [3.05, 3.63) is 5.75 Å². The molecule has 0 aromatic rings. The van der Waals surface area contributed by atoms with E-state index in [-0.39, 0.29) is 0 Å². The zero-order valence-electron chi connectivity index (χ0n) is 5.34. The van der Waals surface area contributed by atoms with Crippen LogP contribution in [-0.4, -0.2) is 5.75 Å². The lowest BCUT2D eigenvalue weighted by Gasteiger charge is -1.92. The summed E-state index contributed by atoms with van der Waals surface area (Å²) in [5.74, 6) is 3.66. The lowest BCUT2D eigenvalue weighted by Crippen LogP contribution is -1.76. The van der Waals surface area contributed by atoms with Crippen molar-refractivity contribution >= 4 is 31.4 Å². The average molecular weight is 179 g/mol. The molecule has 1 radical (unpaired) electrons. The Labute approximate surface area is 68.7 Å². The maximum absolute atomic E-state index is 2.32. The maximum atomic E-state index is 2.32. The van der Waals surface area contributed by atoms with Gasteiger partial charge < -0.3 is 0 Å². The van der Waals surface area contributed by atoms with Crippen LogP contribution in [0.2, 0.25) is 0 Å². The summed E-state index contributed by atoms with van der Waals surface area (Å²) in [5, 5.41) is 0. The molecular formula is C6H11S3. The first-order valence-corrected chi connectivity index (χ1v) is 6.98. The molecule has 0 spiro atoms. The van der Waals surface area contributed by atoms with Gasteiger partial charge in [-0.1, -0.05) is 34.4 Å². The molecule has 3 heteroatoms. The van der Waals surface area contributed by atoms with E-state index >= 15 is 0 Å². The van der Waals surface area contributed by atoms with E-state index in [4.69, 9.17) is 0 Å². The van der Waals surface area contributed by atoms with Gasteiger partial charge in [-0.25, -0.2) is 0 Å². The van der Waals surface area contributed by atoms with E-state index in [2.05, 4.69) is 5.75 Å². The van der Waals surface area contributed by atoms with Gasteiger partial charge in [-0.05, 0) is 22.7 Å². The van der Waals surface area contributed by atoms with Gasteiger partial charge in [0.2, 0.25) is 0 Å². The Kier molecular flexibility index (Phi) is 5.26. The standard InChI is InChI=1S/C6H11S3/c1-2-4-6-8-9-7-5-3-1/h5H,1-4,6H2. The van der Waals surface area contributed by atoms with E-state index in [1.165, 1.54) is 31.4 Å². The first kappa shape index (κ1) is 8.15. The van der Waals surface area contributed by atoms with Crippen LogP contribution in [0.3, 0.4) is 0 Å². The molecule has 0 aromatic heterocycles. The molecule has 0 unspecified atom stereocenters. The van der Waals surface area contributed by atoms with Crippen molar-refractivity contribution in [3.8, 4) is 0 Å². The minimum atomic E-state index is 1.30. The van der Waals surface area contributed by atoms with Crippen LogP contribution in [-0.2, 0) is 0 Å². The topological polar surface area (TPSA) is 0 Å². The van der Waals surface area contributed by atoms with E-state index in [0.29, 0.717) is 0 Å². The third kappa shape index (κ3) is 4.45. The van der Waals surface area contributed by atoms with Gasteiger partial charge in [0.05, 0.1) is 0 Å². The molecule has 0 N–H and O–H groups in total. The minimum absolute atomic E-state index is 1.30. The van der Waals surface area contributed by atoms with Crippen LogP contribution in [0.1, 0.15) is 25.7 Å². The first-order valence-electron chi connectivity index (χ1n) is 3.27. The van der Waals surface area contributed by atoms with Crippen LogP contribution < -0.4 is 0 Å². The van der Waals surface area contributed by atoms with Crippen LogP contribution in [0.15, 0.2) is 0 Å². The van der Waals surface area contributed by atoms with Crippen molar-refractivity contribution in [2.24, 2.45) is 0 Å². The molecule has 0 nitrogen and oxygen atoms in total. The van der Waals surface area contributed by atoms with Gasteiger partial charge in [-0.2, -0.15) is 0 Å². The second-order valence-electron chi connectivity index (χ2n) is 2.00. The van der Waals surface area contributed by atoms with Crippen molar-refractivity contribution in [2.75, 3.05) is 5.75 Å². The smallest absolute Gasteiger partial charge is 0.0287 e. The van der Waals surface area contributed by atoms with E-state index in [1.54, 1.807) is 0 Å². The quantitative estimate of drug-likeness (QED) is 0.520. The second-order valence-corrected chi connectivity index (χ2v) is 6.23. The Balaban J connectivity index is 2.02. The first-order chi connectivity index (χ1) is 4.50. The number of rotatable bonds is 0. The fourth-order valence-electron chi connectivity index (χ4n) is 0.703. The molecule has 0 bridgehead atoms. The molecule has 1 aliphatic heterocycles. The van der Waals surface area contributed by atoms with E-state index < -0.39 is 0 Å². The summed E-state index contributed by atoms with van der Waals surface area (Å²) in [6.07, 6.45) is 5.53. The summed E-state index contributed by atoms with van der Waals surface area (Å²) < 4.78 is 0. The molecule has 1 aliphatic rings. The summed E-state index contributed by atoms with van der Waals surface area (Å²) in [7, 11) is 5.81. The van der Waals surface area contributed by atoms with Crippen molar-refractivity contribution in [1.29, 1.82) is 0 Å². The highest BCUT2D eigenvalue weighted by Gasteiger charge is 1.97. The summed E-state index contributed by atoms with van der Waals surface area (Å²) >= 11 is 0. The minimum Gasteiger partial charge on any atom is -0.0826 e. The molecule has 9 heavy (non-hydrogen) atoms. The van der Waals surface area contributed by atoms with Crippen LogP contribution in [0.4, 0.5) is 0 Å². The molecule has 0 saturated carbocycles. The molecule has 1 fully saturated rings. The Morgan fingerprint density at radius 1 is 1.11 bits per heavy atom. The van der Waals surface area contributed by atoms with Crippen LogP contribution in [0.25, 0.3) is 0 Å². The molecule has 0 aliphatic carbocycles. The normalized spacial score (nSPS) is 24.0. The highest BCUT2D eigenvalue weighted by Crippen LogP contribution is 2.39. The lowest BCUT2D eigenvalue weighted by atomic mass is 10.2. The summed E-state index contributed by atoms with van der Waals surface area (Å²) in [6, 6.07) is 0. The third-order valence-corrected chi connectivity index (χ3v) is 5.21. The summed E-state index contributed by atoms with van der Waals surface area (Å²) in [6.45, 7) is 0. The van der Waals surface area contributed by atoms with Crippen molar-refractivity contribution < 1.29 is 0 Å². The predicted molar refractivity (Wildman–Crippen MR) is 50.4 cm³/mol. The molecular weight excluding hydrogens is 168 g/mol. The Morgan fingerprint density at radius 3 is 3.11 bits per heavy atom. The van der Waals surface area contributed by atoms with Gasteiger partial charge in [-0.3, -0.25) is 0 Å². The largest absolute Gasteiger partial charge is 0.0826 e. The third-order valence-electron chi connectivity index (χ3n) is 1.21. The molecule has 1 heterocycles. The number of hydrogen-bond acceptors (Lipinski definition) is 3. The van der Waals surface area contributed by atoms with Crippen LogP contribution in [0, 0.1) is 5.75 Å². The van der Waals surface area contributed by atoms with Crippen molar-refractivity contribution in [1.82, 2.24) is 0 Å². The van der Waals surface area contributed by atoms with Crippen LogP contribution >= 0.6 is 31.4 Å². The highest BCUT2D eigenvalue weighted by molar-refractivity contribution is 9.09. The van der Waals surface area contributed by atoms with Crippen LogP contribution in [0.5, 0.6) is 0 Å². The number of hydrogen-bond donors (Lipinski definition) is 0. The fraction of sp³-hybridized carbons (Fsp3) is 0.833. The SMILES string of the molecule is [CH]1CCCCCSSS1. The second kappa shape index (κ2) is 5.81. The van der Waals surface area contributed by atoms with E-state index in [9.17, 15) is 0 Å². The Bertz CT molecular complexity index is 36.8. The Hall–Kier alpha value is 1.05.